The van der Waals surface area contributed by atoms with Crippen LogP contribution in [0.5, 0.6) is 5.88 Å². The molecule has 0 unspecified atom stereocenters. The number of halogens is 1. The van der Waals surface area contributed by atoms with Crippen LogP contribution in [0.15, 0.2) is 24.8 Å². The fraction of sp³-hybridized carbons (Fsp3) is 0.368. The monoisotopic (exact) mass is 430 g/mol. The molecule has 0 aromatic carbocycles. The molecule has 0 aliphatic carbocycles. The van der Waals surface area contributed by atoms with Crippen LogP contribution in [0.2, 0.25) is 5.02 Å². The van der Waals surface area contributed by atoms with Crippen molar-refractivity contribution in [3.8, 4) is 23.1 Å². The zero-order valence-corrected chi connectivity index (χ0v) is 18.2. The van der Waals surface area contributed by atoms with Gasteiger partial charge in [0, 0.05) is 26.6 Å². The summed E-state index contributed by atoms with van der Waals surface area (Å²) in [5, 5.41) is 7.98. The Morgan fingerprint density at radius 1 is 1.27 bits per heavy atom. The van der Waals surface area contributed by atoms with Crippen molar-refractivity contribution in [2.24, 2.45) is 7.05 Å². The molecule has 0 spiro atoms. The molecule has 10 nitrogen and oxygen atoms in total. The van der Waals surface area contributed by atoms with E-state index in [-0.39, 0.29) is 6.04 Å². The van der Waals surface area contributed by atoms with E-state index in [1.807, 2.05) is 47.4 Å². The first-order chi connectivity index (χ1) is 14.5. The lowest BCUT2D eigenvalue weighted by Gasteiger charge is -2.20. The van der Waals surface area contributed by atoms with Crippen molar-refractivity contribution in [1.29, 1.82) is 0 Å². The number of nitrogens with zero attached hydrogens (tertiary/aromatic N) is 7. The lowest BCUT2D eigenvalue weighted by molar-refractivity contribution is 0.116. The highest BCUT2D eigenvalue weighted by Crippen LogP contribution is 2.37. The van der Waals surface area contributed by atoms with E-state index in [2.05, 4.69) is 20.2 Å². The molecule has 0 saturated carbocycles. The molecule has 30 heavy (non-hydrogen) atoms. The summed E-state index contributed by atoms with van der Waals surface area (Å²) in [6.45, 7) is 0.486. The first kappa shape index (κ1) is 20.3. The van der Waals surface area contributed by atoms with Crippen LogP contribution in [0.4, 0.5) is 0 Å². The van der Waals surface area contributed by atoms with Crippen LogP contribution >= 0.6 is 11.6 Å². The number of pyridine rings is 1. The maximum Gasteiger partial charge on any atom is 0.233 e. The lowest BCUT2D eigenvalue weighted by atomic mass is 10.2. The fourth-order valence-electron chi connectivity index (χ4n) is 3.48. The van der Waals surface area contributed by atoms with E-state index in [9.17, 15) is 0 Å². The Labute approximate surface area is 178 Å². The van der Waals surface area contributed by atoms with E-state index in [4.69, 9.17) is 26.1 Å². The number of aromatic nitrogens is 7. The van der Waals surface area contributed by atoms with Gasteiger partial charge in [-0.2, -0.15) is 5.10 Å². The van der Waals surface area contributed by atoms with Gasteiger partial charge >= 0.3 is 0 Å². The van der Waals surface area contributed by atoms with Crippen LogP contribution in [-0.2, 0) is 11.8 Å². The van der Waals surface area contributed by atoms with E-state index in [0.717, 1.165) is 16.9 Å². The van der Waals surface area contributed by atoms with Crippen molar-refractivity contribution in [3.63, 3.8) is 0 Å². The summed E-state index contributed by atoms with van der Waals surface area (Å²) in [5.74, 6) is 1.60. The second kappa shape index (κ2) is 8.05. The fourth-order valence-corrected chi connectivity index (χ4v) is 3.70. The molecule has 1 N–H and O–H groups in total. The number of rotatable bonds is 7. The van der Waals surface area contributed by atoms with Crippen LogP contribution in [0.25, 0.3) is 28.2 Å². The summed E-state index contributed by atoms with van der Waals surface area (Å²) in [4.78, 5) is 15.6. The molecule has 158 valence electrons. The van der Waals surface area contributed by atoms with Crippen molar-refractivity contribution in [2.75, 3.05) is 34.9 Å². The molecular weight excluding hydrogens is 408 g/mol. The number of imidazole rings is 1. The molecule has 11 heteroatoms. The van der Waals surface area contributed by atoms with Crippen molar-refractivity contribution < 1.29 is 9.47 Å². The predicted octanol–water partition coefficient (Wildman–Crippen LogP) is 2.46. The number of aryl methyl sites for hydroxylation is 1. The summed E-state index contributed by atoms with van der Waals surface area (Å²) in [6, 6.07) is 1.77. The Morgan fingerprint density at radius 3 is 2.70 bits per heavy atom. The van der Waals surface area contributed by atoms with Crippen LogP contribution in [-0.4, -0.2) is 74.1 Å². The minimum Gasteiger partial charge on any atom is -0.480 e. The van der Waals surface area contributed by atoms with Crippen molar-refractivity contribution >= 4 is 22.6 Å². The summed E-state index contributed by atoms with van der Waals surface area (Å²) in [6.07, 6.45) is 5.27. The first-order valence-corrected chi connectivity index (χ1v) is 9.63. The largest absolute Gasteiger partial charge is 0.480 e. The molecule has 4 aromatic rings. The van der Waals surface area contributed by atoms with Gasteiger partial charge in [-0.05, 0) is 20.2 Å². The molecule has 0 fully saturated rings. The van der Waals surface area contributed by atoms with Crippen molar-refractivity contribution in [3.05, 3.63) is 35.6 Å². The van der Waals surface area contributed by atoms with Gasteiger partial charge in [-0.15, -0.1) is 0 Å². The number of hydrogen-bond donors (Lipinski definition) is 1. The topological polar surface area (TPSA) is 98.9 Å². The summed E-state index contributed by atoms with van der Waals surface area (Å²) in [7, 11) is 9.07. The molecule has 0 radical (unpaired) electrons. The molecule has 0 aliphatic heterocycles. The van der Waals surface area contributed by atoms with Crippen LogP contribution < -0.4 is 4.74 Å². The maximum absolute atomic E-state index is 6.35. The minimum absolute atomic E-state index is 0.0599. The highest BCUT2D eigenvalue weighted by Gasteiger charge is 2.26. The van der Waals surface area contributed by atoms with Gasteiger partial charge in [0.2, 0.25) is 5.88 Å². The van der Waals surface area contributed by atoms with Gasteiger partial charge in [-0.1, -0.05) is 11.6 Å². The van der Waals surface area contributed by atoms with Crippen LogP contribution in [0, 0.1) is 0 Å². The third-order valence-corrected chi connectivity index (χ3v) is 5.27. The minimum atomic E-state index is -0.0599. The van der Waals surface area contributed by atoms with Gasteiger partial charge < -0.3 is 18.6 Å². The Balaban J connectivity index is 1.95. The van der Waals surface area contributed by atoms with Crippen LogP contribution in [0.1, 0.15) is 11.9 Å². The smallest absolute Gasteiger partial charge is 0.233 e. The molecule has 4 rings (SSSR count). The standard InChI is InChI=1S/C19H23ClN8O2/c1-26(2)13(9-29-4)17-23-18(25-24-17)16-15(28-7-6-21-10-28)14-12(27(16)3)8-11(20)19(22-14)30-5/h6-8,10,13H,9H2,1-5H3,(H,23,24,25)/t13-/m0/s1. The average molecular weight is 431 g/mol. The molecule has 4 heterocycles. The SMILES string of the molecule is COC[C@@H](c1nc(-c2c(-n3ccnc3)c3nc(OC)c(Cl)cc3n2C)n[nH]1)N(C)C. The number of hydrogen-bond acceptors (Lipinski definition) is 7. The molecule has 0 amide bonds. The Bertz CT molecular complexity index is 1170. The number of methoxy groups -OCH3 is 2. The molecular formula is C19H23ClN8O2. The van der Waals surface area contributed by atoms with Gasteiger partial charge in [-0.25, -0.2) is 15.0 Å². The molecule has 4 aromatic heterocycles. The van der Waals surface area contributed by atoms with E-state index in [1.54, 1.807) is 26.7 Å². The zero-order valence-electron chi connectivity index (χ0n) is 17.4. The van der Waals surface area contributed by atoms with Gasteiger partial charge in [0.25, 0.3) is 0 Å². The third-order valence-electron chi connectivity index (χ3n) is 5.00. The van der Waals surface area contributed by atoms with Gasteiger partial charge in [0.15, 0.2) is 5.82 Å². The third kappa shape index (κ3) is 3.32. The molecule has 0 aliphatic rings. The average Bonchev–Trinajstić information content (AvgIpc) is 3.45. The summed E-state index contributed by atoms with van der Waals surface area (Å²) in [5.41, 5.74) is 3.10. The lowest BCUT2D eigenvalue weighted by Crippen LogP contribution is -2.25. The highest BCUT2D eigenvalue weighted by molar-refractivity contribution is 6.32. The van der Waals surface area contributed by atoms with E-state index in [1.165, 1.54) is 0 Å². The second-order valence-corrected chi connectivity index (χ2v) is 7.46. The number of ether oxygens (including phenoxy) is 2. The normalized spacial score (nSPS) is 12.8. The van der Waals surface area contributed by atoms with E-state index < -0.39 is 0 Å². The van der Waals surface area contributed by atoms with Gasteiger partial charge in [0.1, 0.15) is 27.7 Å². The maximum atomic E-state index is 6.35. The van der Waals surface area contributed by atoms with E-state index >= 15 is 0 Å². The molecule has 0 bridgehead atoms. The summed E-state index contributed by atoms with van der Waals surface area (Å²) < 4.78 is 14.5. The van der Waals surface area contributed by atoms with Crippen molar-refractivity contribution in [2.45, 2.75) is 6.04 Å². The quantitative estimate of drug-likeness (QED) is 0.480. The first-order valence-electron chi connectivity index (χ1n) is 9.25. The number of aromatic amines is 1. The Morgan fingerprint density at radius 2 is 2.07 bits per heavy atom. The number of H-pyrrole nitrogens is 1. The Kier molecular flexibility index (Phi) is 5.46. The van der Waals surface area contributed by atoms with Gasteiger partial charge in [0.05, 0.1) is 31.6 Å². The number of likely N-dealkylation sites (N-methyl/N-ethyl adjacent to an activating group) is 1. The van der Waals surface area contributed by atoms with Crippen molar-refractivity contribution in [1.82, 2.24) is 39.2 Å². The van der Waals surface area contributed by atoms with E-state index in [0.29, 0.717) is 34.7 Å². The predicted molar refractivity (Wildman–Crippen MR) is 113 cm³/mol. The van der Waals surface area contributed by atoms with Crippen LogP contribution in [0.3, 0.4) is 0 Å². The zero-order chi connectivity index (χ0) is 21.4. The molecule has 1 atom stereocenters. The Hall–Kier alpha value is -2.95. The molecule has 0 saturated heterocycles. The number of fused-ring (bicyclic) bond motifs is 1. The number of nitrogens with one attached hydrogen (secondary N) is 1. The highest BCUT2D eigenvalue weighted by atomic mass is 35.5. The summed E-state index contributed by atoms with van der Waals surface area (Å²) >= 11 is 6.35. The van der Waals surface area contributed by atoms with Gasteiger partial charge in [-0.3, -0.25) is 10.00 Å². The second-order valence-electron chi connectivity index (χ2n) is 7.05.